The molecule has 0 spiro atoms. The molecule has 0 aliphatic carbocycles. The molecule has 1 N–H and O–H groups in total. The molecule has 1 aliphatic rings. The maximum absolute atomic E-state index is 12.2. The fourth-order valence-electron chi connectivity index (χ4n) is 2.45. The number of carboxylic acid groups (broad SMARTS) is 1. The third kappa shape index (κ3) is 3.76. The Hall–Kier alpha value is -2.09. The topological polar surface area (TPSA) is 93.9 Å². The maximum atomic E-state index is 12.2. The van der Waals surface area contributed by atoms with Crippen molar-refractivity contribution in [1.29, 1.82) is 0 Å². The molecule has 1 atom stereocenters. The lowest BCUT2D eigenvalue weighted by molar-refractivity contribution is -0.148. The SMILES string of the molecule is Cc1nn(C)c(C)c1OCC(=O)N1CCOC(CC(=O)O)C1. The number of carbonyl (C=O) groups is 2. The monoisotopic (exact) mass is 311 g/mol. The highest BCUT2D eigenvalue weighted by Gasteiger charge is 2.26. The molecular formula is C14H21N3O5. The molecule has 8 nitrogen and oxygen atoms in total. The van der Waals surface area contributed by atoms with Crippen molar-refractivity contribution in [2.75, 3.05) is 26.3 Å². The zero-order valence-electron chi connectivity index (χ0n) is 13.0. The lowest BCUT2D eigenvalue weighted by atomic mass is 10.2. The molecule has 8 heteroatoms. The van der Waals surface area contributed by atoms with E-state index in [0.29, 0.717) is 18.9 Å². The minimum absolute atomic E-state index is 0.0901. The first-order valence-electron chi connectivity index (χ1n) is 7.12. The van der Waals surface area contributed by atoms with Crippen molar-refractivity contribution >= 4 is 11.9 Å². The summed E-state index contributed by atoms with van der Waals surface area (Å²) in [6.07, 6.45) is -0.567. The van der Waals surface area contributed by atoms with E-state index in [1.54, 1.807) is 9.58 Å². The van der Waals surface area contributed by atoms with E-state index in [9.17, 15) is 9.59 Å². The molecule has 1 aromatic heterocycles. The molecule has 1 saturated heterocycles. The molecule has 1 fully saturated rings. The third-order valence-corrected chi connectivity index (χ3v) is 3.68. The zero-order chi connectivity index (χ0) is 16.3. The van der Waals surface area contributed by atoms with Crippen molar-refractivity contribution in [3.8, 4) is 5.75 Å². The summed E-state index contributed by atoms with van der Waals surface area (Å²) in [5.41, 5.74) is 1.59. The number of aliphatic carboxylic acids is 1. The molecule has 22 heavy (non-hydrogen) atoms. The van der Waals surface area contributed by atoms with Gasteiger partial charge in [0.25, 0.3) is 5.91 Å². The van der Waals surface area contributed by atoms with Crippen molar-refractivity contribution in [3.63, 3.8) is 0 Å². The van der Waals surface area contributed by atoms with Crippen molar-refractivity contribution < 1.29 is 24.2 Å². The number of hydrogen-bond donors (Lipinski definition) is 1. The van der Waals surface area contributed by atoms with Crippen molar-refractivity contribution in [1.82, 2.24) is 14.7 Å². The minimum atomic E-state index is -0.933. The van der Waals surface area contributed by atoms with E-state index in [-0.39, 0.29) is 25.5 Å². The summed E-state index contributed by atoms with van der Waals surface area (Å²) in [4.78, 5) is 24.5. The van der Waals surface area contributed by atoms with Gasteiger partial charge in [0.15, 0.2) is 12.4 Å². The zero-order valence-corrected chi connectivity index (χ0v) is 13.0. The van der Waals surface area contributed by atoms with E-state index >= 15 is 0 Å². The van der Waals surface area contributed by atoms with E-state index < -0.39 is 12.1 Å². The van der Waals surface area contributed by atoms with Crippen LogP contribution in [0.3, 0.4) is 0 Å². The van der Waals surface area contributed by atoms with Crippen LogP contribution in [0.25, 0.3) is 0 Å². The Morgan fingerprint density at radius 1 is 1.45 bits per heavy atom. The summed E-state index contributed by atoms with van der Waals surface area (Å²) in [6, 6.07) is 0. The summed E-state index contributed by atoms with van der Waals surface area (Å²) >= 11 is 0. The number of morpholine rings is 1. The van der Waals surface area contributed by atoms with Gasteiger partial charge in [-0.25, -0.2) is 0 Å². The normalized spacial score (nSPS) is 18.3. The van der Waals surface area contributed by atoms with Gasteiger partial charge in [0.2, 0.25) is 0 Å². The largest absolute Gasteiger partial charge is 0.481 e. The van der Waals surface area contributed by atoms with Gasteiger partial charge in [-0.15, -0.1) is 0 Å². The number of aromatic nitrogens is 2. The molecule has 0 bridgehead atoms. The van der Waals surface area contributed by atoms with Crippen LogP contribution in [0.1, 0.15) is 17.8 Å². The maximum Gasteiger partial charge on any atom is 0.306 e. The Balaban J connectivity index is 1.90. The fraction of sp³-hybridized carbons (Fsp3) is 0.643. The Morgan fingerprint density at radius 2 is 2.18 bits per heavy atom. The quantitative estimate of drug-likeness (QED) is 0.830. The summed E-state index contributed by atoms with van der Waals surface area (Å²) < 4.78 is 12.6. The van der Waals surface area contributed by atoms with Gasteiger partial charge < -0.3 is 19.5 Å². The Labute approximate surface area is 128 Å². The van der Waals surface area contributed by atoms with Crippen LogP contribution in [-0.2, 0) is 21.4 Å². The van der Waals surface area contributed by atoms with Crippen LogP contribution < -0.4 is 4.74 Å². The molecule has 0 radical (unpaired) electrons. The van der Waals surface area contributed by atoms with Crippen molar-refractivity contribution in [2.24, 2.45) is 7.05 Å². The standard InChI is InChI=1S/C14H21N3O5/c1-9-14(10(2)16(3)15-9)22-8-12(18)17-4-5-21-11(7-17)6-13(19)20/h11H,4-8H2,1-3H3,(H,19,20). The summed E-state index contributed by atoms with van der Waals surface area (Å²) in [6.45, 7) is 4.67. The average Bonchev–Trinajstić information content (AvgIpc) is 2.69. The Bertz CT molecular complexity index is 569. The van der Waals surface area contributed by atoms with Crippen LogP contribution in [0.15, 0.2) is 0 Å². The smallest absolute Gasteiger partial charge is 0.306 e. The van der Waals surface area contributed by atoms with Gasteiger partial charge in [-0.2, -0.15) is 5.10 Å². The van der Waals surface area contributed by atoms with Gasteiger partial charge in [-0.05, 0) is 13.8 Å². The predicted octanol–water partition coefficient (Wildman–Crippen LogP) is 0.118. The van der Waals surface area contributed by atoms with Gasteiger partial charge in [0.05, 0.1) is 24.8 Å². The van der Waals surface area contributed by atoms with E-state index in [1.165, 1.54) is 0 Å². The van der Waals surface area contributed by atoms with Crippen molar-refractivity contribution in [2.45, 2.75) is 26.4 Å². The van der Waals surface area contributed by atoms with E-state index in [2.05, 4.69) is 5.10 Å². The first-order chi connectivity index (χ1) is 10.4. The van der Waals surface area contributed by atoms with E-state index in [1.807, 2.05) is 20.9 Å². The number of rotatable bonds is 5. The summed E-state index contributed by atoms with van der Waals surface area (Å²) in [5, 5.41) is 13.0. The first kappa shape index (κ1) is 16.3. The molecule has 2 rings (SSSR count). The Kier molecular flexibility index (Phi) is 5.02. The number of nitrogens with zero attached hydrogens (tertiary/aromatic N) is 3. The second kappa shape index (κ2) is 6.78. The molecule has 1 amide bonds. The number of hydrogen-bond acceptors (Lipinski definition) is 5. The number of amides is 1. The second-order valence-corrected chi connectivity index (χ2v) is 5.34. The molecule has 0 saturated carbocycles. The van der Waals surface area contributed by atoms with Crippen LogP contribution >= 0.6 is 0 Å². The van der Waals surface area contributed by atoms with Crippen LogP contribution in [-0.4, -0.2) is 64.1 Å². The molecule has 0 aromatic carbocycles. The van der Waals surface area contributed by atoms with Gasteiger partial charge in [0, 0.05) is 20.1 Å². The second-order valence-electron chi connectivity index (χ2n) is 5.34. The Morgan fingerprint density at radius 3 is 2.77 bits per heavy atom. The summed E-state index contributed by atoms with van der Waals surface area (Å²) in [7, 11) is 1.81. The average molecular weight is 311 g/mol. The molecule has 1 unspecified atom stereocenters. The predicted molar refractivity (Wildman–Crippen MR) is 76.7 cm³/mol. The van der Waals surface area contributed by atoms with Gasteiger partial charge in [-0.3, -0.25) is 14.3 Å². The van der Waals surface area contributed by atoms with E-state index in [4.69, 9.17) is 14.6 Å². The highest BCUT2D eigenvalue weighted by atomic mass is 16.5. The number of aryl methyl sites for hydroxylation is 2. The number of carbonyl (C=O) groups excluding carboxylic acids is 1. The van der Waals surface area contributed by atoms with Gasteiger partial charge in [0.1, 0.15) is 5.69 Å². The van der Waals surface area contributed by atoms with Crippen LogP contribution in [0.2, 0.25) is 0 Å². The third-order valence-electron chi connectivity index (χ3n) is 3.68. The van der Waals surface area contributed by atoms with Gasteiger partial charge in [-0.1, -0.05) is 0 Å². The molecule has 122 valence electrons. The summed E-state index contributed by atoms with van der Waals surface area (Å²) in [5.74, 6) is -0.496. The lowest BCUT2D eigenvalue weighted by Gasteiger charge is -2.32. The highest BCUT2D eigenvalue weighted by Crippen LogP contribution is 2.21. The first-order valence-corrected chi connectivity index (χ1v) is 7.12. The number of carboxylic acids is 1. The fourth-order valence-corrected chi connectivity index (χ4v) is 2.45. The molecule has 1 aliphatic heterocycles. The van der Waals surface area contributed by atoms with Crippen LogP contribution in [0.4, 0.5) is 0 Å². The lowest BCUT2D eigenvalue weighted by Crippen LogP contribution is -2.47. The van der Waals surface area contributed by atoms with Gasteiger partial charge >= 0.3 is 5.97 Å². The highest BCUT2D eigenvalue weighted by molar-refractivity contribution is 5.78. The molecule has 2 heterocycles. The number of ether oxygens (including phenoxy) is 2. The minimum Gasteiger partial charge on any atom is -0.481 e. The van der Waals surface area contributed by atoms with E-state index in [0.717, 1.165) is 11.4 Å². The molecule has 1 aromatic rings. The van der Waals surface area contributed by atoms with Crippen LogP contribution in [0.5, 0.6) is 5.75 Å². The molecular weight excluding hydrogens is 290 g/mol. The van der Waals surface area contributed by atoms with Crippen LogP contribution in [0, 0.1) is 13.8 Å². The van der Waals surface area contributed by atoms with Crippen molar-refractivity contribution in [3.05, 3.63) is 11.4 Å².